The van der Waals surface area contributed by atoms with E-state index in [4.69, 9.17) is 10.5 Å². The molecule has 1 aromatic heterocycles. The quantitative estimate of drug-likeness (QED) is 0.851. The van der Waals surface area contributed by atoms with Crippen molar-refractivity contribution in [1.29, 1.82) is 0 Å². The third-order valence-corrected chi connectivity index (χ3v) is 3.67. The molecule has 0 saturated carbocycles. The number of nitrogens with zero attached hydrogens (tertiary/aromatic N) is 2. The van der Waals surface area contributed by atoms with Gasteiger partial charge in [0.1, 0.15) is 0 Å². The second-order valence-corrected chi connectivity index (χ2v) is 4.63. The van der Waals surface area contributed by atoms with Crippen molar-refractivity contribution < 1.29 is 4.74 Å². The maximum atomic E-state index is 5.92. The highest BCUT2D eigenvalue weighted by molar-refractivity contribution is 5.16. The molecule has 0 spiro atoms. The van der Waals surface area contributed by atoms with Crippen LogP contribution < -0.4 is 5.73 Å². The summed E-state index contributed by atoms with van der Waals surface area (Å²) in [5.74, 6) is 0. The van der Waals surface area contributed by atoms with Gasteiger partial charge in [-0.25, -0.2) is 0 Å². The Balaban J connectivity index is 2.13. The summed E-state index contributed by atoms with van der Waals surface area (Å²) >= 11 is 0. The molecule has 17 heavy (non-hydrogen) atoms. The molecule has 3 atom stereocenters. The van der Waals surface area contributed by atoms with Crippen molar-refractivity contribution in [3.05, 3.63) is 30.1 Å². The van der Waals surface area contributed by atoms with E-state index < -0.39 is 0 Å². The Kier molecular flexibility index (Phi) is 4.10. The zero-order valence-corrected chi connectivity index (χ0v) is 10.5. The molecule has 0 bridgehead atoms. The summed E-state index contributed by atoms with van der Waals surface area (Å²) in [6.45, 7) is 3.60. The van der Waals surface area contributed by atoms with E-state index in [0.29, 0.717) is 12.6 Å². The van der Waals surface area contributed by atoms with Gasteiger partial charge in [-0.3, -0.25) is 9.88 Å². The summed E-state index contributed by atoms with van der Waals surface area (Å²) in [5.41, 5.74) is 7.14. The zero-order valence-electron chi connectivity index (χ0n) is 10.5. The lowest BCUT2D eigenvalue weighted by atomic mass is 10.0. The Labute approximate surface area is 103 Å². The normalized spacial score (nSPS) is 26.4. The van der Waals surface area contributed by atoms with Crippen molar-refractivity contribution in [2.75, 3.05) is 20.2 Å². The molecule has 0 aromatic carbocycles. The SMILES string of the molecule is CC1OCCC1N(C)C(CN)c1ccncc1. The molecule has 94 valence electrons. The molecular weight excluding hydrogens is 214 g/mol. The van der Waals surface area contributed by atoms with Gasteiger partial charge in [0.05, 0.1) is 6.10 Å². The minimum atomic E-state index is 0.243. The molecule has 2 heterocycles. The van der Waals surface area contributed by atoms with Crippen LogP contribution in [0.2, 0.25) is 0 Å². The minimum Gasteiger partial charge on any atom is -0.377 e. The molecule has 4 nitrogen and oxygen atoms in total. The van der Waals surface area contributed by atoms with E-state index in [9.17, 15) is 0 Å². The molecule has 2 rings (SSSR count). The van der Waals surface area contributed by atoms with Gasteiger partial charge in [0, 0.05) is 37.6 Å². The fraction of sp³-hybridized carbons (Fsp3) is 0.615. The molecule has 0 amide bonds. The van der Waals surface area contributed by atoms with Gasteiger partial charge in [-0.1, -0.05) is 0 Å². The Bertz CT molecular complexity index is 344. The summed E-state index contributed by atoms with van der Waals surface area (Å²) in [5, 5.41) is 0. The molecule has 1 aliphatic heterocycles. The van der Waals surface area contributed by atoms with E-state index in [1.54, 1.807) is 0 Å². The Morgan fingerprint density at radius 2 is 2.24 bits per heavy atom. The highest BCUT2D eigenvalue weighted by atomic mass is 16.5. The van der Waals surface area contributed by atoms with Gasteiger partial charge >= 0.3 is 0 Å². The summed E-state index contributed by atoms with van der Waals surface area (Å²) in [7, 11) is 2.13. The lowest BCUT2D eigenvalue weighted by Crippen LogP contribution is -2.42. The van der Waals surface area contributed by atoms with Crippen LogP contribution in [-0.4, -0.2) is 42.2 Å². The smallest absolute Gasteiger partial charge is 0.0703 e. The van der Waals surface area contributed by atoms with Crippen molar-refractivity contribution in [3.63, 3.8) is 0 Å². The second kappa shape index (κ2) is 5.58. The molecule has 0 aliphatic carbocycles. The predicted octanol–water partition coefficient (Wildman–Crippen LogP) is 1.19. The number of hydrogen-bond acceptors (Lipinski definition) is 4. The minimum absolute atomic E-state index is 0.243. The van der Waals surface area contributed by atoms with Crippen LogP contribution in [0.25, 0.3) is 0 Å². The predicted molar refractivity (Wildman–Crippen MR) is 67.6 cm³/mol. The summed E-state index contributed by atoms with van der Waals surface area (Å²) < 4.78 is 5.62. The number of ether oxygens (including phenoxy) is 1. The fourth-order valence-electron chi connectivity index (χ4n) is 2.61. The van der Waals surface area contributed by atoms with E-state index in [2.05, 4.69) is 23.9 Å². The average Bonchev–Trinajstić information content (AvgIpc) is 2.77. The Morgan fingerprint density at radius 3 is 2.76 bits per heavy atom. The molecular formula is C13H21N3O. The van der Waals surface area contributed by atoms with Crippen molar-refractivity contribution in [2.45, 2.75) is 31.5 Å². The highest BCUT2D eigenvalue weighted by Gasteiger charge is 2.31. The van der Waals surface area contributed by atoms with Crippen LogP contribution in [0.1, 0.15) is 24.9 Å². The van der Waals surface area contributed by atoms with E-state index in [1.165, 1.54) is 5.56 Å². The van der Waals surface area contributed by atoms with Crippen LogP contribution >= 0.6 is 0 Å². The lowest BCUT2D eigenvalue weighted by molar-refractivity contribution is 0.0686. The Morgan fingerprint density at radius 1 is 1.53 bits per heavy atom. The van der Waals surface area contributed by atoms with Gasteiger partial charge in [-0.15, -0.1) is 0 Å². The number of hydrogen-bond donors (Lipinski definition) is 1. The van der Waals surface area contributed by atoms with Gasteiger partial charge in [-0.05, 0) is 38.1 Å². The molecule has 2 N–H and O–H groups in total. The number of pyridine rings is 1. The monoisotopic (exact) mass is 235 g/mol. The van der Waals surface area contributed by atoms with Gasteiger partial charge in [0.2, 0.25) is 0 Å². The van der Waals surface area contributed by atoms with E-state index >= 15 is 0 Å². The van der Waals surface area contributed by atoms with Crippen LogP contribution in [0.5, 0.6) is 0 Å². The summed E-state index contributed by atoms with van der Waals surface area (Å²) in [6.07, 6.45) is 5.01. The maximum Gasteiger partial charge on any atom is 0.0703 e. The first kappa shape index (κ1) is 12.5. The molecule has 3 unspecified atom stereocenters. The number of aromatic nitrogens is 1. The molecule has 1 saturated heterocycles. The van der Waals surface area contributed by atoms with Gasteiger partial charge < -0.3 is 10.5 Å². The first-order valence-corrected chi connectivity index (χ1v) is 6.17. The lowest BCUT2D eigenvalue weighted by Gasteiger charge is -2.34. The third-order valence-electron chi connectivity index (χ3n) is 3.67. The maximum absolute atomic E-state index is 5.92. The second-order valence-electron chi connectivity index (χ2n) is 4.63. The van der Waals surface area contributed by atoms with Crippen molar-refractivity contribution in [2.24, 2.45) is 5.73 Å². The van der Waals surface area contributed by atoms with Gasteiger partial charge in [0.25, 0.3) is 0 Å². The topological polar surface area (TPSA) is 51.4 Å². The van der Waals surface area contributed by atoms with Crippen molar-refractivity contribution in [1.82, 2.24) is 9.88 Å². The number of nitrogens with two attached hydrogens (primary N) is 1. The largest absolute Gasteiger partial charge is 0.377 e. The molecule has 4 heteroatoms. The summed E-state index contributed by atoms with van der Waals surface area (Å²) in [6, 6.07) is 4.77. The van der Waals surface area contributed by atoms with Crippen LogP contribution in [-0.2, 0) is 4.74 Å². The zero-order chi connectivity index (χ0) is 12.3. The van der Waals surface area contributed by atoms with Crippen LogP contribution in [0.4, 0.5) is 0 Å². The Hall–Kier alpha value is -0.970. The standard InChI is InChI=1S/C13H21N3O/c1-10-12(5-8-17-10)16(2)13(9-14)11-3-6-15-7-4-11/h3-4,6-7,10,12-13H,5,8-9,14H2,1-2H3. The molecule has 1 aromatic rings. The van der Waals surface area contributed by atoms with E-state index in [1.807, 2.05) is 24.5 Å². The average molecular weight is 235 g/mol. The van der Waals surface area contributed by atoms with Gasteiger partial charge in [-0.2, -0.15) is 0 Å². The van der Waals surface area contributed by atoms with Crippen LogP contribution in [0.15, 0.2) is 24.5 Å². The van der Waals surface area contributed by atoms with Crippen LogP contribution in [0, 0.1) is 0 Å². The van der Waals surface area contributed by atoms with Gasteiger partial charge in [0.15, 0.2) is 0 Å². The fourth-order valence-corrected chi connectivity index (χ4v) is 2.61. The first-order valence-electron chi connectivity index (χ1n) is 6.17. The van der Waals surface area contributed by atoms with E-state index in [-0.39, 0.29) is 12.1 Å². The summed E-state index contributed by atoms with van der Waals surface area (Å²) in [4.78, 5) is 6.39. The van der Waals surface area contributed by atoms with Crippen molar-refractivity contribution >= 4 is 0 Å². The van der Waals surface area contributed by atoms with E-state index in [0.717, 1.165) is 13.0 Å². The molecule has 1 aliphatic rings. The highest BCUT2D eigenvalue weighted by Crippen LogP contribution is 2.26. The van der Waals surface area contributed by atoms with Crippen molar-refractivity contribution in [3.8, 4) is 0 Å². The van der Waals surface area contributed by atoms with Crippen LogP contribution in [0.3, 0.4) is 0 Å². The number of likely N-dealkylation sites (N-methyl/N-ethyl adjacent to an activating group) is 1. The molecule has 0 radical (unpaired) electrons. The number of rotatable bonds is 4. The third kappa shape index (κ3) is 2.65. The molecule has 1 fully saturated rings. The first-order chi connectivity index (χ1) is 8.24.